The van der Waals surface area contributed by atoms with E-state index in [0.717, 1.165) is 12.1 Å². The number of hydrogen-bond donors (Lipinski definition) is 2. The van der Waals surface area contributed by atoms with Crippen LogP contribution < -0.4 is 19.7 Å². The van der Waals surface area contributed by atoms with Crippen LogP contribution in [0.2, 0.25) is 0 Å². The van der Waals surface area contributed by atoms with E-state index in [9.17, 15) is 9.90 Å². The fraction of sp³-hybridized carbons (Fsp3) is 0.200. The Balaban J connectivity index is 1.19. The summed E-state index contributed by atoms with van der Waals surface area (Å²) < 4.78 is 43.1. The number of carboxylic acid groups (broad SMARTS) is 1. The third kappa shape index (κ3) is 4.07. The van der Waals surface area contributed by atoms with Gasteiger partial charge in [0.05, 0.1) is 17.2 Å². The Morgan fingerprint density at radius 2 is 2.00 bits per heavy atom. The number of pyridine rings is 2. The summed E-state index contributed by atoms with van der Waals surface area (Å²) in [5.74, 6) is -0.525. The zero-order valence-corrected chi connectivity index (χ0v) is 20.5. The maximum absolute atomic E-state index is 15.1. The van der Waals surface area contributed by atoms with Crippen molar-refractivity contribution in [3.8, 4) is 17.2 Å². The third-order valence-corrected chi connectivity index (χ3v) is 6.77. The predicted molar refractivity (Wildman–Crippen MR) is 136 cm³/mol. The number of halogens is 2. The number of rotatable bonds is 4. The first-order valence-corrected chi connectivity index (χ1v) is 12.2. The number of nitrogens with zero attached hydrogens (tertiary/aromatic N) is 8. The van der Waals surface area contributed by atoms with Crippen LogP contribution in [0.15, 0.2) is 49.2 Å². The molecule has 0 spiro atoms. The van der Waals surface area contributed by atoms with Crippen molar-refractivity contribution in [1.82, 2.24) is 34.4 Å². The number of piperazine rings is 1. The molecule has 202 valence electrons. The normalized spacial score (nSPS) is 16.4. The second-order valence-corrected chi connectivity index (χ2v) is 9.20. The van der Waals surface area contributed by atoms with Gasteiger partial charge in [-0.05, 0) is 6.07 Å². The van der Waals surface area contributed by atoms with Gasteiger partial charge in [-0.25, -0.2) is 38.0 Å². The summed E-state index contributed by atoms with van der Waals surface area (Å²) in [5.41, 5.74) is 1.03. The molecule has 2 aliphatic heterocycles. The summed E-state index contributed by atoms with van der Waals surface area (Å²) in [6, 6.07) is 6.33. The van der Waals surface area contributed by atoms with Gasteiger partial charge in [0.1, 0.15) is 30.5 Å². The lowest BCUT2D eigenvalue weighted by molar-refractivity contribution is 0.101. The molecule has 0 aliphatic carbocycles. The van der Waals surface area contributed by atoms with E-state index < -0.39 is 17.7 Å². The van der Waals surface area contributed by atoms with Crippen molar-refractivity contribution < 1.29 is 28.2 Å². The molecule has 2 N–H and O–H groups in total. The number of benzene rings is 1. The fourth-order valence-corrected chi connectivity index (χ4v) is 4.83. The number of carbonyl (C=O) groups is 1. The van der Waals surface area contributed by atoms with Gasteiger partial charge in [0, 0.05) is 50.1 Å². The first-order valence-electron chi connectivity index (χ1n) is 12.2. The van der Waals surface area contributed by atoms with Crippen molar-refractivity contribution in [2.24, 2.45) is 0 Å². The number of amides is 1. The van der Waals surface area contributed by atoms with E-state index in [1.165, 1.54) is 22.1 Å². The van der Waals surface area contributed by atoms with Crippen LogP contribution in [0.1, 0.15) is 0 Å². The number of ether oxygens (including phenoxy) is 2. The molecule has 13 nitrogen and oxygen atoms in total. The standard InChI is InChI=1S/C25H19F2N9O4/c26-15-7-19(40-14-1-2-36-21(5-14)29-12-31-36)16(27)6-17(15)32-23-22-18(28-11-30-23)8-20-24(33-22)34-3-4-35(25(37)38)13(9-34)10-39-20/h1-2,5-8,11-13H,3-4,9-10H2,(H,37,38)(H,28,30,32)/t13-/m0/s1. The maximum atomic E-state index is 15.1. The Morgan fingerprint density at radius 3 is 2.88 bits per heavy atom. The van der Waals surface area contributed by atoms with E-state index in [-0.39, 0.29) is 35.7 Å². The molecule has 15 heteroatoms. The first kappa shape index (κ1) is 23.8. The van der Waals surface area contributed by atoms with E-state index >= 15 is 8.78 Å². The molecule has 1 fully saturated rings. The molecule has 2 bridgehead atoms. The minimum Gasteiger partial charge on any atom is -0.487 e. The third-order valence-electron chi connectivity index (χ3n) is 6.77. The largest absolute Gasteiger partial charge is 0.487 e. The number of nitrogens with one attached hydrogen (secondary N) is 1. The Morgan fingerprint density at radius 1 is 1.10 bits per heavy atom. The quantitative estimate of drug-likeness (QED) is 0.342. The molecule has 2 aliphatic rings. The summed E-state index contributed by atoms with van der Waals surface area (Å²) in [7, 11) is 0. The zero-order chi connectivity index (χ0) is 27.4. The van der Waals surface area contributed by atoms with Crippen molar-refractivity contribution in [1.29, 1.82) is 0 Å². The van der Waals surface area contributed by atoms with Crippen molar-refractivity contribution in [3.63, 3.8) is 0 Å². The van der Waals surface area contributed by atoms with E-state index in [1.54, 1.807) is 24.4 Å². The average molecular weight is 547 g/mol. The van der Waals surface area contributed by atoms with Crippen LogP contribution >= 0.6 is 0 Å². The van der Waals surface area contributed by atoms with Crippen LogP contribution in [0.4, 0.5) is 30.9 Å². The molecule has 0 unspecified atom stereocenters. The highest BCUT2D eigenvalue weighted by Gasteiger charge is 2.35. The minimum atomic E-state index is -1.00. The summed E-state index contributed by atoms with van der Waals surface area (Å²) >= 11 is 0. The van der Waals surface area contributed by atoms with Crippen LogP contribution in [0.3, 0.4) is 0 Å². The van der Waals surface area contributed by atoms with E-state index in [4.69, 9.17) is 14.5 Å². The Hall–Kier alpha value is -5.34. The molecule has 40 heavy (non-hydrogen) atoms. The van der Waals surface area contributed by atoms with E-state index in [0.29, 0.717) is 47.9 Å². The van der Waals surface area contributed by atoms with Gasteiger partial charge in [-0.3, -0.25) is 4.90 Å². The van der Waals surface area contributed by atoms with Gasteiger partial charge in [0.2, 0.25) is 0 Å². The maximum Gasteiger partial charge on any atom is 0.407 e. The highest BCUT2D eigenvalue weighted by atomic mass is 19.1. The smallest absolute Gasteiger partial charge is 0.407 e. The van der Waals surface area contributed by atoms with Crippen LogP contribution in [0, 0.1) is 11.6 Å². The highest BCUT2D eigenvalue weighted by molar-refractivity contribution is 5.90. The van der Waals surface area contributed by atoms with Crippen molar-refractivity contribution in [2.45, 2.75) is 6.04 Å². The summed E-state index contributed by atoms with van der Waals surface area (Å²) in [6.07, 6.45) is 3.22. The number of fused-ring (bicyclic) bond motifs is 6. The lowest BCUT2D eigenvalue weighted by Crippen LogP contribution is -2.56. The lowest BCUT2D eigenvalue weighted by Gasteiger charge is -2.37. The molecule has 1 aromatic carbocycles. The van der Waals surface area contributed by atoms with E-state index in [2.05, 4.69) is 25.4 Å². The molecule has 5 aromatic rings. The molecule has 0 saturated carbocycles. The number of hydrogen-bond acceptors (Lipinski definition) is 10. The van der Waals surface area contributed by atoms with Gasteiger partial charge in [-0.15, -0.1) is 0 Å². The van der Waals surface area contributed by atoms with Crippen molar-refractivity contribution in [2.75, 3.05) is 36.5 Å². The van der Waals surface area contributed by atoms with Crippen molar-refractivity contribution >= 4 is 40.1 Å². The summed E-state index contributed by atoms with van der Waals surface area (Å²) in [4.78, 5) is 32.1. The lowest BCUT2D eigenvalue weighted by atomic mass is 10.2. The van der Waals surface area contributed by atoms with E-state index in [1.807, 2.05) is 4.90 Å². The molecule has 1 saturated heterocycles. The summed E-state index contributed by atoms with van der Waals surface area (Å²) in [6.45, 7) is 1.29. The van der Waals surface area contributed by atoms with Crippen molar-refractivity contribution in [3.05, 3.63) is 60.8 Å². The summed E-state index contributed by atoms with van der Waals surface area (Å²) in [5, 5.41) is 16.3. The van der Waals surface area contributed by atoms with Gasteiger partial charge < -0.3 is 24.8 Å². The molecule has 0 radical (unpaired) electrons. The van der Waals surface area contributed by atoms with Crippen LogP contribution in [-0.2, 0) is 0 Å². The van der Waals surface area contributed by atoms with Gasteiger partial charge in [0.15, 0.2) is 40.4 Å². The molecule has 1 amide bonds. The fourth-order valence-electron chi connectivity index (χ4n) is 4.83. The second-order valence-electron chi connectivity index (χ2n) is 9.20. The molecular formula is C25H19F2N9O4. The SMILES string of the molecule is O=C(O)N1CCN2C[C@H]1COc1cc3ncnc(Nc4cc(F)c(Oc5ccn6ncnc6c5)cc4F)c3nc12. The Bertz CT molecular complexity index is 1800. The predicted octanol–water partition coefficient (Wildman–Crippen LogP) is 3.44. The average Bonchev–Trinajstić information content (AvgIpc) is 3.37. The van der Waals surface area contributed by atoms with Crippen LogP contribution in [-0.4, -0.2) is 77.9 Å². The first-order chi connectivity index (χ1) is 19.4. The highest BCUT2D eigenvalue weighted by Crippen LogP contribution is 2.37. The number of anilines is 3. The molecule has 1 atom stereocenters. The monoisotopic (exact) mass is 547 g/mol. The Labute approximate surface area is 223 Å². The van der Waals surface area contributed by atoms with Crippen LogP contribution in [0.5, 0.6) is 17.2 Å². The van der Waals surface area contributed by atoms with Gasteiger partial charge in [0.25, 0.3) is 0 Å². The Kier molecular flexibility index (Phi) is 5.43. The van der Waals surface area contributed by atoms with Crippen LogP contribution in [0.25, 0.3) is 16.7 Å². The molecule has 6 heterocycles. The topological polar surface area (TPSA) is 143 Å². The molecular weight excluding hydrogens is 528 g/mol. The van der Waals surface area contributed by atoms with Gasteiger partial charge in [-0.2, -0.15) is 5.10 Å². The minimum absolute atomic E-state index is 0.155. The molecule has 7 rings (SSSR count). The van der Waals surface area contributed by atoms with Gasteiger partial charge >= 0.3 is 6.09 Å². The number of aromatic nitrogens is 6. The zero-order valence-electron chi connectivity index (χ0n) is 20.5. The second kappa shape index (κ2) is 9.14. The van der Waals surface area contributed by atoms with Gasteiger partial charge in [-0.1, -0.05) is 0 Å². The molecule has 4 aromatic heterocycles.